The molecule has 1 aromatic heterocycles. The number of nitrogens with one attached hydrogen (secondary N) is 1. The fourth-order valence-electron chi connectivity index (χ4n) is 1.33. The third-order valence-corrected chi connectivity index (χ3v) is 3.69. The third-order valence-electron chi connectivity index (χ3n) is 2.23. The van der Waals surface area contributed by atoms with Gasteiger partial charge >= 0.3 is 0 Å². The SMILES string of the molecule is Cc1nsc(Nc2cc(F)c(Br)cc2F)c1C#N. The third kappa shape index (κ3) is 2.35. The molecule has 2 aromatic rings. The molecule has 0 aliphatic heterocycles. The van der Waals surface area contributed by atoms with E-state index in [1.807, 2.05) is 6.07 Å². The van der Waals surface area contributed by atoms with Gasteiger partial charge < -0.3 is 5.32 Å². The van der Waals surface area contributed by atoms with Gasteiger partial charge in [-0.25, -0.2) is 8.78 Å². The molecule has 0 radical (unpaired) electrons. The molecule has 0 aliphatic carbocycles. The number of aromatic nitrogens is 1. The van der Waals surface area contributed by atoms with Crippen molar-refractivity contribution in [2.75, 3.05) is 5.32 Å². The Labute approximate surface area is 114 Å². The molecule has 0 atom stereocenters. The molecule has 7 heteroatoms. The minimum Gasteiger partial charge on any atom is -0.342 e. The Bertz CT molecular complexity index is 648. The van der Waals surface area contributed by atoms with E-state index in [2.05, 4.69) is 25.6 Å². The van der Waals surface area contributed by atoms with Crippen LogP contribution in [0.15, 0.2) is 16.6 Å². The maximum atomic E-state index is 13.6. The first kappa shape index (κ1) is 12.9. The fraction of sp³-hybridized carbons (Fsp3) is 0.0909. The van der Waals surface area contributed by atoms with Crippen LogP contribution >= 0.6 is 27.5 Å². The van der Waals surface area contributed by atoms with Crippen LogP contribution in [0.4, 0.5) is 19.5 Å². The fourth-order valence-corrected chi connectivity index (χ4v) is 2.40. The van der Waals surface area contributed by atoms with E-state index in [1.165, 1.54) is 0 Å². The van der Waals surface area contributed by atoms with Gasteiger partial charge in [0.05, 0.1) is 15.9 Å². The van der Waals surface area contributed by atoms with Crippen molar-refractivity contribution in [3.05, 3.63) is 39.5 Å². The topological polar surface area (TPSA) is 48.7 Å². The van der Waals surface area contributed by atoms with Crippen molar-refractivity contribution in [3.63, 3.8) is 0 Å². The van der Waals surface area contributed by atoms with Crippen molar-refractivity contribution in [1.82, 2.24) is 4.37 Å². The first-order valence-electron chi connectivity index (χ1n) is 4.81. The normalized spacial score (nSPS) is 10.2. The van der Waals surface area contributed by atoms with E-state index >= 15 is 0 Å². The van der Waals surface area contributed by atoms with Crippen LogP contribution in [0, 0.1) is 29.9 Å². The Hall–Kier alpha value is -1.52. The average Bonchev–Trinajstić information content (AvgIpc) is 2.67. The highest BCUT2D eigenvalue weighted by molar-refractivity contribution is 9.10. The molecular weight excluding hydrogens is 324 g/mol. The molecule has 0 aliphatic rings. The van der Waals surface area contributed by atoms with E-state index in [-0.39, 0.29) is 10.2 Å². The van der Waals surface area contributed by atoms with E-state index in [9.17, 15) is 8.78 Å². The molecule has 1 N–H and O–H groups in total. The van der Waals surface area contributed by atoms with E-state index < -0.39 is 11.6 Å². The minimum absolute atomic E-state index is 0.0316. The van der Waals surface area contributed by atoms with Crippen molar-refractivity contribution in [1.29, 1.82) is 5.26 Å². The molecule has 0 unspecified atom stereocenters. The number of halogens is 3. The van der Waals surface area contributed by atoms with Crippen LogP contribution in [0.3, 0.4) is 0 Å². The molecule has 92 valence electrons. The summed E-state index contributed by atoms with van der Waals surface area (Å²) in [4.78, 5) is 0. The highest BCUT2D eigenvalue weighted by Crippen LogP contribution is 2.30. The van der Waals surface area contributed by atoms with Crippen molar-refractivity contribution >= 4 is 38.2 Å². The van der Waals surface area contributed by atoms with Gasteiger partial charge in [0.15, 0.2) is 0 Å². The summed E-state index contributed by atoms with van der Waals surface area (Å²) < 4.78 is 31.0. The van der Waals surface area contributed by atoms with Gasteiger partial charge in [-0.1, -0.05) is 0 Å². The standard InChI is InChI=1S/C11H6BrF2N3S/c1-5-6(4-15)11(18-17-5)16-10-3-8(13)7(12)2-9(10)14/h2-3,16H,1H3. The number of hydrogen-bond donors (Lipinski definition) is 1. The highest BCUT2D eigenvalue weighted by atomic mass is 79.9. The summed E-state index contributed by atoms with van der Waals surface area (Å²) in [6, 6.07) is 4.02. The van der Waals surface area contributed by atoms with Crippen LogP contribution in [0.2, 0.25) is 0 Å². The van der Waals surface area contributed by atoms with E-state index in [1.54, 1.807) is 6.92 Å². The lowest BCUT2D eigenvalue weighted by molar-refractivity contribution is 0.598. The van der Waals surface area contributed by atoms with Gasteiger partial charge in [-0.05, 0) is 40.5 Å². The largest absolute Gasteiger partial charge is 0.342 e. The Morgan fingerprint density at radius 1 is 1.39 bits per heavy atom. The van der Waals surface area contributed by atoms with Gasteiger partial charge in [0.2, 0.25) is 0 Å². The smallest absolute Gasteiger partial charge is 0.147 e. The molecular formula is C11H6BrF2N3S. The molecule has 0 spiro atoms. The molecule has 2 rings (SSSR count). The second-order valence-electron chi connectivity index (χ2n) is 3.46. The first-order chi connectivity index (χ1) is 8.52. The second kappa shape index (κ2) is 5.00. The summed E-state index contributed by atoms with van der Waals surface area (Å²) in [7, 11) is 0. The molecule has 0 fully saturated rings. The number of nitrogens with zero attached hydrogens (tertiary/aromatic N) is 2. The summed E-state index contributed by atoms with van der Waals surface area (Å²) in [6.07, 6.45) is 0. The Morgan fingerprint density at radius 2 is 2.11 bits per heavy atom. The zero-order chi connectivity index (χ0) is 13.3. The van der Waals surface area contributed by atoms with Crippen molar-refractivity contribution in [2.45, 2.75) is 6.92 Å². The van der Waals surface area contributed by atoms with Crippen LogP contribution in [0.25, 0.3) is 0 Å². The van der Waals surface area contributed by atoms with Crippen molar-refractivity contribution < 1.29 is 8.78 Å². The molecule has 0 bridgehead atoms. The molecule has 0 saturated carbocycles. The quantitative estimate of drug-likeness (QED) is 0.843. The molecule has 0 saturated heterocycles. The molecule has 3 nitrogen and oxygen atoms in total. The van der Waals surface area contributed by atoms with Gasteiger partial charge in [-0.15, -0.1) is 0 Å². The van der Waals surface area contributed by atoms with Crippen LogP contribution < -0.4 is 5.32 Å². The van der Waals surface area contributed by atoms with Gasteiger partial charge in [-0.2, -0.15) is 9.64 Å². The van der Waals surface area contributed by atoms with E-state index in [0.29, 0.717) is 16.3 Å². The highest BCUT2D eigenvalue weighted by Gasteiger charge is 2.14. The van der Waals surface area contributed by atoms with Gasteiger partial charge in [0.25, 0.3) is 0 Å². The Kier molecular flexibility index (Phi) is 3.59. The monoisotopic (exact) mass is 329 g/mol. The van der Waals surface area contributed by atoms with Crippen molar-refractivity contribution in [2.24, 2.45) is 0 Å². The van der Waals surface area contributed by atoms with Crippen LogP contribution in [-0.4, -0.2) is 4.37 Å². The van der Waals surface area contributed by atoms with Crippen molar-refractivity contribution in [3.8, 4) is 6.07 Å². The number of anilines is 2. The lowest BCUT2D eigenvalue weighted by Crippen LogP contribution is -1.95. The van der Waals surface area contributed by atoms with Gasteiger partial charge in [0, 0.05) is 6.07 Å². The summed E-state index contributed by atoms with van der Waals surface area (Å²) in [5.41, 5.74) is 0.863. The number of aryl methyl sites for hydroxylation is 1. The zero-order valence-electron chi connectivity index (χ0n) is 9.09. The first-order valence-corrected chi connectivity index (χ1v) is 6.37. The molecule has 1 aromatic carbocycles. The Morgan fingerprint density at radius 3 is 2.78 bits per heavy atom. The molecule has 0 amide bonds. The van der Waals surface area contributed by atoms with E-state index in [4.69, 9.17) is 5.26 Å². The zero-order valence-corrected chi connectivity index (χ0v) is 11.5. The lowest BCUT2D eigenvalue weighted by atomic mass is 10.2. The Balaban J connectivity index is 2.41. The molecule has 1 heterocycles. The minimum atomic E-state index is -0.613. The number of benzene rings is 1. The number of nitriles is 1. The summed E-state index contributed by atoms with van der Waals surface area (Å²) in [5.74, 6) is -1.20. The van der Waals surface area contributed by atoms with Crippen LogP contribution in [-0.2, 0) is 0 Å². The predicted molar refractivity (Wildman–Crippen MR) is 68.9 cm³/mol. The number of hydrogen-bond acceptors (Lipinski definition) is 4. The summed E-state index contributed by atoms with van der Waals surface area (Å²) in [5, 5.41) is 12.0. The summed E-state index contributed by atoms with van der Waals surface area (Å²) >= 11 is 3.92. The van der Waals surface area contributed by atoms with E-state index in [0.717, 1.165) is 23.7 Å². The number of rotatable bonds is 2. The predicted octanol–water partition coefficient (Wildman–Crippen LogP) is 4.11. The average molecular weight is 330 g/mol. The maximum Gasteiger partial charge on any atom is 0.147 e. The second-order valence-corrected chi connectivity index (χ2v) is 5.08. The lowest BCUT2D eigenvalue weighted by Gasteiger charge is -2.06. The van der Waals surface area contributed by atoms with Gasteiger partial charge in [0.1, 0.15) is 28.3 Å². The maximum absolute atomic E-state index is 13.6. The van der Waals surface area contributed by atoms with Crippen LogP contribution in [0.1, 0.15) is 11.3 Å². The van der Waals surface area contributed by atoms with Crippen LogP contribution in [0.5, 0.6) is 0 Å². The summed E-state index contributed by atoms with van der Waals surface area (Å²) in [6.45, 7) is 1.68. The molecule has 18 heavy (non-hydrogen) atoms. The van der Waals surface area contributed by atoms with Gasteiger partial charge in [-0.3, -0.25) is 0 Å².